The molecule has 0 bridgehead atoms. The van der Waals surface area contributed by atoms with Crippen LogP contribution < -0.4 is 5.73 Å². The summed E-state index contributed by atoms with van der Waals surface area (Å²) in [5.41, 5.74) is 5.98. The van der Waals surface area contributed by atoms with Gasteiger partial charge in [-0.2, -0.15) is 0 Å². The molecule has 0 aromatic carbocycles. The largest absolute Gasteiger partial charge is 0.381 e. The van der Waals surface area contributed by atoms with Crippen molar-refractivity contribution in [2.45, 2.75) is 26.7 Å². The standard InChI is InChI=1S/C12H26N2O/c1-12(2,9-13)10-14(3)8-11-4-6-15-7-5-11/h11H,4-10,13H2,1-3H3. The van der Waals surface area contributed by atoms with Gasteiger partial charge in [-0.25, -0.2) is 0 Å². The van der Waals surface area contributed by atoms with Gasteiger partial charge in [-0.05, 0) is 37.8 Å². The molecule has 0 aromatic heterocycles. The lowest BCUT2D eigenvalue weighted by Crippen LogP contribution is -2.39. The molecule has 1 rings (SSSR count). The third-order valence-electron chi connectivity index (χ3n) is 3.16. The van der Waals surface area contributed by atoms with Crippen molar-refractivity contribution in [2.75, 3.05) is 39.9 Å². The summed E-state index contributed by atoms with van der Waals surface area (Å²) >= 11 is 0. The fraction of sp³-hybridized carbons (Fsp3) is 1.00. The Morgan fingerprint density at radius 1 is 1.33 bits per heavy atom. The molecule has 15 heavy (non-hydrogen) atoms. The van der Waals surface area contributed by atoms with Crippen molar-refractivity contribution in [1.29, 1.82) is 0 Å². The van der Waals surface area contributed by atoms with E-state index in [1.165, 1.54) is 19.4 Å². The van der Waals surface area contributed by atoms with Gasteiger partial charge in [0.15, 0.2) is 0 Å². The Kier molecular flexibility index (Phi) is 5.03. The van der Waals surface area contributed by atoms with E-state index in [1.807, 2.05) is 0 Å². The van der Waals surface area contributed by atoms with Gasteiger partial charge < -0.3 is 15.4 Å². The molecule has 90 valence electrons. The minimum Gasteiger partial charge on any atom is -0.381 e. The Hall–Kier alpha value is -0.120. The second-order valence-electron chi connectivity index (χ2n) is 5.62. The van der Waals surface area contributed by atoms with Crippen LogP contribution in [-0.2, 0) is 4.74 Å². The van der Waals surface area contributed by atoms with Gasteiger partial charge >= 0.3 is 0 Å². The van der Waals surface area contributed by atoms with Crippen LogP contribution in [0, 0.1) is 11.3 Å². The van der Waals surface area contributed by atoms with E-state index in [9.17, 15) is 0 Å². The average Bonchev–Trinajstić information content (AvgIpc) is 2.18. The highest BCUT2D eigenvalue weighted by Crippen LogP contribution is 2.19. The van der Waals surface area contributed by atoms with Gasteiger partial charge in [0.05, 0.1) is 0 Å². The van der Waals surface area contributed by atoms with Crippen LogP contribution in [0.1, 0.15) is 26.7 Å². The van der Waals surface area contributed by atoms with Crippen molar-refractivity contribution in [3.63, 3.8) is 0 Å². The first-order chi connectivity index (χ1) is 7.03. The van der Waals surface area contributed by atoms with Gasteiger partial charge in [0.2, 0.25) is 0 Å². The molecular weight excluding hydrogens is 188 g/mol. The zero-order valence-electron chi connectivity index (χ0n) is 10.5. The number of nitrogens with two attached hydrogens (primary N) is 1. The van der Waals surface area contributed by atoms with Crippen molar-refractivity contribution in [1.82, 2.24) is 4.90 Å². The van der Waals surface area contributed by atoms with Gasteiger partial charge in [0, 0.05) is 26.3 Å². The molecule has 1 heterocycles. The van der Waals surface area contributed by atoms with Crippen LogP contribution in [0.2, 0.25) is 0 Å². The number of rotatable bonds is 5. The van der Waals surface area contributed by atoms with Gasteiger partial charge in [-0.3, -0.25) is 0 Å². The molecule has 3 nitrogen and oxygen atoms in total. The molecule has 1 aliphatic rings. The Morgan fingerprint density at radius 3 is 2.47 bits per heavy atom. The lowest BCUT2D eigenvalue weighted by atomic mass is 9.92. The van der Waals surface area contributed by atoms with Crippen molar-refractivity contribution < 1.29 is 4.74 Å². The van der Waals surface area contributed by atoms with E-state index in [0.717, 1.165) is 32.2 Å². The van der Waals surface area contributed by atoms with E-state index in [4.69, 9.17) is 10.5 Å². The zero-order chi connectivity index (χ0) is 11.3. The molecule has 0 aliphatic carbocycles. The van der Waals surface area contributed by atoms with Crippen LogP contribution in [0.4, 0.5) is 0 Å². The Morgan fingerprint density at radius 2 is 1.93 bits per heavy atom. The highest BCUT2D eigenvalue weighted by molar-refractivity contribution is 4.75. The first-order valence-electron chi connectivity index (χ1n) is 6.00. The quantitative estimate of drug-likeness (QED) is 0.750. The lowest BCUT2D eigenvalue weighted by Gasteiger charge is -2.32. The smallest absolute Gasteiger partial charge is 0.0469 e. The molecule has 1 aliphatic heterocycles. The SMILES string of the molecule is CN(CC1CCOCC1)CC(C)(C)CN. The summed E-state index contributed by atoms with van der Waals surface area (Å²) in [7, 11) is 2.20. The highest BCUT2D eigenvalue weighted by atomic mass is 16.5. The van der Waals surface area contributed by atoms with Gasteiger partial charge in [0.1, 0.15) is 0 Å². The van der Waals surface area contributed by atoms with E-state index in [0.29, 0.717) is 0 Å². The van der Waals surface area contributed by atoms with E-state index < -0.39 is 0 Å². The monoisotopic (exact) mass is 214 g/mol. The number of hydrogen-bond donors (Lipinski definition) is 1. The van der Waals surface area contributed by atoms with Crippen molar-refractivity contribution >= 4 is 0 Å². The molecule has 0 amide bonds. The average molecular weight is 214 g/mol. The zero-order valence-corrected chi connectivity index (χ0v) is 10.5. The maximum Gasteiger partial charge on any atom is 0.0469 e. The topological polar surface area (TPSA) is 38.5 Å². The van der Waals surface area contributed by atoms with Crippen LogP contribution in [-0.4, -0.2) is 44.8 Å². The second-order valence-corrected chi connectivity index (χ2v) is 5.62. The van der Waals surface area contributed by atoms with Gasteiger partial charge in [0.25, 0.3) is 0 Å². The summed E-state index contributed by atoms with van der Waals surface area (Å²) in [5.74, 6) is 0.817. The molecule has 0 saturated carbocycles. The molecule has 0 aromatic rings. The summed E-state index contributed by atoms with van der Waals surface area (Å²) in [5, 5.41) is 0. The molecule has 0 radical (unpaired) electrons. The highest BCUT2D eigenvalue weighted by Gasteiger charge is 2.21. The van der Waals surface area contributed by atoms with E-state index in [2.05, 4.69) is 25.8 Å². The van der Waals surface area contributed by atoms with Crippen LogP contribution in [0.3, 0.4) is 0 Å². The van der Waals surface area contributed by atoms with Crippen molar-refractivity contribution in [3.8, 4) is 0 Å². The summed E-state index contributed by atoms with van der Waals surface area (Å²) in [6, 6.07) is 0. The summed E-state index contributed by atoms with van der Waals surface area (Å²) in [4.78, 5) is 2.42. The Labute approximate surface area is 94.0 Å². The number of ether oxygens (including phenoxy) is 1. The molecule has 0 unspecified atom stereocenters. The fourth-order valence-electron chi connectivity index (χ4n) is 2.23. The fourth-order valence-corrected chi connectivity index (χ4v) is 2.23. The predicted octanol–water partition coefficient (Wildman–Crippen LogP) is 1.33. The third-order valence-corrected chi connectivity index (χ3v) is 3.16. The Balaban J connectivity index is 2.25. The van der Waals surface area contributed by atoms with E-state index in [1.54, 1.807) is 0 Å². The molecule has 0 spiro atoms. The van der Waals surface area contributed by atoms with Gasteiger partial charge in [-0.1, -0.05) is 13.8 Å². The number of nitrogens with zero attached hydrogens (tertiary/aromatic N) is 1. The van der Waals surface area contributed by atoms with Crippen molar-refractivity contribution in [2.24, 2.45) is 17.1 Å². The predicted molar refractivity (Wildman–Crippen MR) is 63.9 cm³/mol. The molecule has 1 saturated heterocycles. The van der Waals surface area contributed by atoms with Crippen LogP contribution in [0.5, 0.6) is 0 Å². The van der Waals surface area contributed by atoms with E-state index >= 15 is 0 Å². The lowest BCUT2D eigenvalue weighted by molar-refractivity contribution is 0.0516. The van der Waals surface area contributed by atoms with Crippen LogP contribution in [0.15, 0.2) is 0 Å². The van der Waals surface area contributed by atoms with Gasteiger partial charge in [-0.15, -0.1) is 0 Å². The van der Waals surface area contributed by atoms with Crippen LogP contribution in [0.25, 0.3) is 0 Å². The molecule has 2 N–H and O–H groups in total. The first kappa shape index (κ1) is 12.9. The molecule has 3 heteroatoms. The number of hydrogen-bond acceptors (Lipinski definition) is 3. The first-order valence-corrected chi connectivity index (χ1v) is 6.00. The maximum absolute atomic E-state index is 5.74. The molecular formula is C12H26N2O. The van der Waals surface area contributed by atoms with Crippen molar-refractivity contribution in [3.05, 3.63) is 0 Å². The van der Waals surface area contributed by atoms with Crippen LogP contribution >= 0.6 is 0 Å². The summed E-state index contributed by atoms with van der Waals surface area (Å²) in [6.45, 7) is 9.37. The minimum absolute atomic E-state index is 0.236. The maximum atomic E-state index is 5.74. The molecule has 0 atom stereocenters. The summed E-state index contributed by atoms with van der Waals surface area (Å²) in [6.07, 6.45) is 2.43. The van der Waals surface area contributed by atoms with E-state index in [-0.39, 0.29) is 5.41 Å². The summed E-state index contributed by atoms with van der Waals surface area (Å²) < 4.78 is 5.36. The minimum atomic E-state index is 0.236. The third kappa shape index (κ3) is 4.96. The Bertz CT molecular complexity index is 176. The molecule has 1 fully saturated rings. The second kappa shape index (κ2) is 5.83. The normalized spacial score (nSPS) is 19.8.